The summed E-state index contributed by atoms with van der Waals surface area (Å²) in [6.45, 7) is 1.50. The van der Waals surface area contributed by atoms with Gasteiger partial charge in [-0.2, -0.15) is 0 Å². The Morgan fingerprint density at radius 2 is 2.09 bits per heavy atom. The molecule has 2 nitrogen and oxygen atoms in total. The van der Waals surface area contributed by atoms with Crippen molar-refractivity contribution in [2.75, 3.05) is 13.2 Å². The van der Waals surface area contributed by atoms with Crippen LogP contribution in [0.25, 0.3) is 0 Å². The smallest absolute Gasteiger partial charge is 0.0474 e. The molecule has 0 aromatic rings. The molecule has 2 N–H and O–H groups in total. The molecule has 11 heavy (non-hydrogen) atoms. The van der Waals surface area contributed by atoms with E-state index in [1.807, 2.05) is 0 Å². The highest BCUT2D eigenvalue weighted by Crippen LogP contribution is 2.35. The summed E-state index contributed by atoms with van der Waals surface area (Å²) in [6, 6.07) is 0.647. The van der Waals surface area contributed by atoms with E-state index in [0.29, 0.717) is 18.6 Å². The molecule has 1 saturated heterocycles. The minimum Gasteiger partial charge on any atom is -0.396 e. The van der Waals surface area contributed by atoms with Crippen LogP contribution in [0.4, 0.5) is 0 Å². The molecule has 1 saturated carbocycles. The quantitative estimate of drug-likeness (QED) is 0.617. The maximum absolute atomic E-state index is 9.06. The topological polar surface area (TPSA) is 32.3 Å². The average molecular weight is 155 g/mol. The molecule has 2 rings (SSSR count). The summed E-state index contributed by atoms with van der Waals surface area (Å²) >= 11 is 0. The highest BCUT2D eigenvalue weighted by Gasteiger charge is 2.35. The van der Waals surface area contributed by atoms with Crippen molar-refractivity contribution in [2.45, 2.75) is 31.7 Å². The van der Waals surface area contributed by atoms with Gasteiger partial charge in [-0.05, 0) is 37.6 Å². The largest absolute Gasteiger partial charge is 0.396 e. The number of nitrogens with one attached hydrogen (secondary N) is 1. The minimum atomic E-state index is 0.383. The summed E-state index contributed by atoms with van der Waals surface area (Å²) in [5, 5.41) is 12.6. The zero-order chi connectivity index (χ0) is 7.68. The molecule has 1 aliphatic carbocycles. The molecule has 1 aliphatic heterocycles. The van der Waals surface area contributed by atoms with E-state index in [4.69, 9.17) is 5.11 Å². The van der Waals surface area contributed by atoms with Crippen LogP contribution in [0.1, 0.15) is 25.7 Å². The molecule has 0 aromatic heterocycles. The van der Waals surface area contributed by atoms with E-state index < -0.39 is 0 Å². The second-order valence-corrected chi connectivity index (χ2v) is 3.90. The van der Waals surface area contributed by atoms with Crippen LogP contribution in [-0.2, 0) is 0 Å². The van der Waals surface area contributed by atoms with Crippen LogP contribution in [0.15, 0.2) is 0 Å². The number of aliphatic hydroxyl groups is 1. The predicted molar refractivity (Wildman–Crippen MR) is 44.3 cm³/mol. The van der Waals surface area contributed by atoms with Crippen LogP contribution in [-0.4, -0.2) is 24.3 Å². The third-order valence-electron chi connectivity index (χ3n) is 3.30. The molecule has 0 radical (unpaired) electrons. The number of hydrogen-bond acceptors (Lipinski definition) is 2. The molecule has 2 aliphatic rings. The summed E-state index contributed by atoms with van der Waals surface area (Å²) in [5.41, 5.74) is 0. The summed E-state index contributed by atoms with van der Waals surface area (Å²) in [6.07, 6.45) is 5.35. The Bertz CT molecular complexity index is 134. The first-order valence-electron chi connectivity index (χ1n) is 4.76. The molecule has 2 atom stereocenters. The van der Waals surface area contributed by atoms with E-state index in [0.717, 1.165) is 12.5 Å². The Kier molecular flexibility index (Phi) is 2.14. The molecule has 1 heterocycles. The third kappa shape index (κ3) is 1.30. The Labute approximate surface area is 68.0 Å². The first kappa shape index (κ1) is 7.56. The summed E-state index contributed by atoms with van der Waals surface area (Å²) in [5.74, 6) is 1.44. The molecule has 0 spiro atoms. The van der Waals surface area contributed by atoms with Crippen molar-refractivity contribution < 1.29 is 5.11 Å². The van der Waals surface area contributed by atoms with Crippen molar-refractivity contribution >= 4 is 0 Å². The zero-order valence-corrected chi connectivity index (χ0v) is 6.92. The van der Waals surface area contributed by atoms with E-state index in [2.05, 4.69) is 5.32 Å². The van der Waals surface area contributed by atoms with Crippen molar-refractivity contribution in [3.63, 3.8) is 0 Å². The molecule has 2 heteroatoms. The van der Waals surface area contributed by atoms with Crippen LogP contribution in [0, 0.1) is 11.8 Å². The van der Waals surface area contributed by atoms with Crippen molar-refractivity contribution in [1.29, 1.82) is 0 Å². The minimum absolute atomic E-state index is 0.383. The van der Waals surface area contributed by atoms with Gasteiger partial charge in [-0.3, -0.25) is 0 Å². The van der Waals surface area contributed by atoms with Gasteiger partial charge in [-0.1, -0.05) is 6.42 Å². The maximum atomic E-state index is 9.06. The molecule has 2 unspecified atom stereocenters. The zero-order valence-electron chi connectivity index (χ0n) is 6.92. The van der Waals surface area contributed by atoms with Crippen molar-refractivity contribution in [3.8, 4) is 0 Å². The van der Waals surface area contributed by atoms with E-state index in [9.17, 15) is 0 Å². The Morgan fingerprint density at radius 1 is 1.27 bits per heavy atom. The fourth-order valence-corrected chi connectivity index (χ4v) is 2.34. The van der Waals surface area contributed by atoms with Gasteiger partial charge < -0.3 is 10.4 Å². The van der Waals surface area contributed by atoms with Gasteiger partial charge in [0, 0.05) is 12.6 Å². The van der Waals surface area contributed by atoms with Gasteiger partial charge in [0.15, 0.2) is 0 Å². The van der Waals surface area contributed by atoms with Crippen LogP contribution < -0.4 is 5.32 Å². The molecular weight excluding hydrogens is 138 g/mol. The lowest BCUT2D eigenvalue weighted by Crippen LogP contribution is -2.39. The summed E-state index contributed by atoms with van der Waals surface area (Å²) < 4.78 is 0. The molecule has 64 valence electrons. The van der Waals surface area contributed by atoms with Crippen LogP contribution >= 0.6 is 0 Å². The van der Waals surface area contributed by atoms with Crippen LogP contribution in [0.3, 0.4) is 0 Å². The average Bonchev–Trinajstić information content (AvgIpc) is 2.32. The van der Waals surface area contributed by atoms with E-state index >= 15 is 0 Å². The Morgan fingerprint density at radius 3 is 2.64 bits per heavy atom. The Balaban J connectivity index is 1.89. The summed E-state index contributed by atoms with van der Waals surface area (Å²) in [7, 11) is 0. The highest BCUT2D eigenvalue weighted by molar-refractivity contribution is 4.91. The van der Waals surface area contributed by atoms with Gasteiger partial charge in [0.2, 0.25) is 0 Å². The third-order valence-corrected chi connectivity index (χ3v) is 3.30. The van der Waals surface area contributed by atoms with Gasteiger partial charge in [-0.25, -0.2) is 0 Å². The lowest BCUT2D eigenvalue weighted by molar-refractivity contribution is 0.151. The lowest BCUT2D eigenvalue weighted by atomic mass is 9.76. The van der Waals surface area contributed by atoms with Gasteiger partial charge in [0.05, 0.1) is 0 Å². The molecule has 0 amide bonds. The fourth-order valence-electron chi connectivity index (χ4n) is 2.34. The van der Waals surface area contributed by atoms with Gasteiger partial charge >= 0.3 is 0 Å². The second kappa shape index (κ2) is 3.11. The fraction of sp³-hybridized carbons (Fsp3) is 1.00. The first-order chi connectivity index (χ1) is 5.42. The monoisotopic (exact) mass is 155 g/mol. The van der Waals surface area contributed by atoms with E-state index in [1.165, 1.54) is 25.7 Å². The molecule has 0 aromatic carbocycles. The molecular formula is C9H17NO. The van der Waals surface area contributed by atoms with E-state index in [1.54, 1.807) is 0 Å². The van der Waals surface area contributed by atoms with Crippen molar-refractivity contribution in [2.24, 2.45) is 11.8 Å². The van der Waals surface area contributed by atoms with Gasteiger partial charge in [0.1, 0.15) is 0 Å². The van der Waals surface area contributed by atoms with Crippen molar-refractivity contribution in [3.05, 3.63) is 0 Å². The lowest BCUT2D eigenvalue weighted by Gasteiger charge is -2.34. The molecule has 2 fully saturated rings. The SMILES string of the molecule is OCC1CCNC1C1CCC1. The maximum Gasteiger partial charge on any atom is 0.0474 e. The van der Waals surface area contributed by atoms with E-state index in [-0.39, 0.29) is 0 Å². The molecule has 0 bridgehead atoms. The number of rotatable bonds is 2. The highest BCUT2D eigenvalue weighted by atomic mass is 16.3. The standard InChI is InChI=1S/C9H17NO/c11-6-8-4-5-10-9(8)7-2-1-3-7/h7-11H,1-6H2. The number of hydrogen-bond donors (Lipinski definition) is 2. The number of aliphatic hydroxyl groups excluding tert-OH is 1. The second-order valence-electron chi connectivity index (χ2n) is 3.90. The predicted octanol–water partition coefficient (Wildman–Crippen LogP) is 0.757. The van der Waals surface area contributed by atoms with Gasteiger partial charge in [0.25, 0.3) is 0 Å². The normalized spacial score (nSPS) is 39.0. The summed E-state index contributed by atoms with van der Waals surface area (Å²) in [4.78, 5) is 0. The van der Waals surface area contributed by atoms with Gasteiger partial charge in [-0.15, -0.1) is 0 Å². The van der Waals surface area contributed by atoms with Crippen molar-refractivity contribution in [1.82, 2.24) is 5.32 Å². The van der Waals surface area contributed by atoms with Crippen LogP contribution in [0.5, 0.6) is 0 Å². The van der Waals surface area contributed by atoms with Crippen LogP contribution in [0.2, 0.25) is 0 Å². The Hall–Kier alpha value is -0.0800. The first-order valence-corrected chi connectivity index (χ1v) is 4.76.